The molecule has 1 nitrogen and oxygen atoms in total. The normalized spacial score (nSPS) is 12.4. The Kier molecular flexibility index (Phi) is 4.67. The first-order valence-electron chi connectivity index (χ1n) is 6.07. The van der Waals surface area contributed by atoms with Gasteiger partial charge in [-0.25, -0.2) is 0 Å². The highest BCUT2D eigenvalue weighted by molar-refractivity contribution is 7.10. The fourth-order valence-corrected chi connectivity index (χ4v) is 3.46. The topological polar surface area (TPSA) is 9.23 Å². The van der Waals surface area contributed by atoms with Crippen molar-refractivity contribution in [3.05, 3.63) is 51.7 Å². The lowest BCUT2D eigenvalue weighted by molar-refractivity contribution is 0.414. The van der Waals surface area contributed by atoms with E-state index in [1.54, 1.807) is 18.4 Å². The molecule has 1 heterocycles. The minimum absolute atomic E-state index is 0.0482. The van der Waals surface area contributed by atoms with Crippen LogP contribution in [-0.4, -0.2) is 7.11 Å². The average Bonchev–Trinajstić information content (AvgIpc) is 2.87. The molecule has 0 saturated carbocycles. The molecule has 0 fully saturated rings. The van der Waals surface area contributed by atoms with Gasteiger partial charge in [-0.15, -0.1) is 22.9 Å². The maximum absolute atomic E-state index is 6.53. The lowest BCUT2D eigenvalue weighted by Crippen LogP contribution is -1.97. The van der Waals surface area contributed by atoms with E-state index in [0.29, 0.717) is 0 Å². The molecule has 1 atom stereocenters. The van der Waals surface area contributed by atoms with Crippen LogP contribution in [-0.2, 0) is 12.8 Å². The van der Waals surface area contributed by atoms with Gasteiger partial charge in [0.15, 0.2) is 0 Å². The van der Waals surface area contributed by atoms with Gasteiger partial charge < -0.3 is 4.74 Å². The van der Waals surface area contributed by atoms with Gasteiger partial charge in [-0.2, -0.15) is 0 Å². The molecule has 3 heteroatoms. The molecule has 0 saturated heterocycles. The van der Waals surface area contributed by atoms with Gasteiger partial charge in [-0.05, 0) is 47.5 Å². The number of rotatable bonds is 5. The second kappa shape index (κ2) is 6.26. The maximum atomic E-state index is 6.53. The van der Waals surface area contributed by atoms with Crippen LogP contribution in [0.1, 0.15) is 28.3 Å². The van der Waals surface area contributed by atoms with Gasteiger partial charge >= 0.3 is 0 Å². The van der Waals surface area contributed by atoms with E-state index in [4.69, 9.17) is 16.3 Å². The van der Waals surface area contributed by atoms with E-state index in [2.05, 4.69) is 30.5 Å². The van der Waals surface area contributed by atoms with Crippen molar-refractivity contribution in [3.8, 4) is 5.75 Å². The van der Waals surface area contributed by atoms with Gasteiger partial charge in [-0.1, -0.05) is 19.1 Å². The highest BCUT2D eigenvalue weighted by atomic mass is 35.5. The summed E-state index contributed by atoms with van der Waals surface area (Å²) >= 11 is 8.28. The third kappa shape index (κ3) is 3.06. The molecular formula is C15H17ClOS. The second-order valence-corrected chi connectivity index (χ2v) is 5.66. The SMILES string of the molecule is CCc1ccsc1C(Cl)Cc1cccc(OC)c1. The fraction of sp³-hybridized carbons (Fsp3) is 0.333. The fourth-order valence-electron chi connectivity index (χ4n) is 2.01. The molecule has 1 aromatic carbocycles. The molecule has 18 heavy (non-hydrogen) atoms. The van der Waals surface area contributed by atoms with Crippen molar-refractivity contribution in [2.45, 2.75) is 25.1 Å². The van der Waals surface area contributed by atoms with Crippen LogP contribution in [0.5, 0.6) is 5.75 Å². The number of alkyl halides is 1. The van der Waals surface area contributed by atoms with Gasteiger partial charge in [-0.3, -0.25) is 0 Å². The first kappa shape index (κ1) is 13.4. The summed E-state index contributed by atoms with van der Waals surface area (Å²) in [5, 5.41) is 2.17. The van der Waals surface area contributed by atoms with E-state index < -0.39 is 0 Å². The van der Waals surface area contributed by atoms with Crippen LogP contribution in [0.4, 0.5) is 0 Å². The van der Waals surface area contributed by atoms with E-state index >= 15 is 0 Å². The predicted molar refractivity (Wildman–Crippen MR) is 79.0 cm³/mol. The number of hydrogen-bond donors (Lipinski definition) is 0. The number of ether oxygens (including phenoxy) is 1. The standard InChI is InChI=1S/C15H17ClOS/c1-3-12-7-8-18-15(12)14(16)10-11-5-4-6-13(9-11)17-2/h4-9,14H,3,10H2,1-2H3. The first-order chi connectivity index (χ1) is 8.74. The van der Waals surface area contributed by atoms with Crippen LogP contribution in [0.15, 0.2) is 35.7 Å². The molecule has 1 aromatic heterocycles. The Hall–Kier alpha value is -0.990. The van der Waals surface area contributed by atoms with E-state index in [1.165, 1.54) is 16.0 Å². The Bertz CT molecular complexity index is 507. The van der Waals surface area contributed by atoms with Crippen molar-refractivity contribution in [2.24, 2.45) is 0 Å². The first-order valence-corrected chi connectivity index (χ1v) is 7.39. The summed E-state index contributed by atoms with van der Waals surface area (Å²) < 4.78 is 5.23. The predicted octanol–water partition coefficient (Wildman–Crippen LogP) is 4.84. The molecule has 0 radical (unpaired) electrons. The Morgan fingerprint density at radius 3 is 2.89 bits per heavy atom. The van der Waals surface area contributed by atoms with Crippen LogP contribution in [0.3, 0.4) is 0 Å². The Labute approximate surface area is 117 Å². The lowest BCUT2D eigenvalue weighted by atomic mass is 10.1. The van der Waals surface area contributed by atoms with Crippen LogP contribution in [0.2, 0.25) is 0 Å². The van der Waals surface area contributed by atoms with Crippen molar-refractivity contribution in [1.29, 1.82) is 0 Å². The minimum atomic E-state index is 0.0482. The third-order valence-electron chi connectivity index (χ3n) is 3.00. The Morgan fingerprint density at radius 2 is 2.17 bits per heavy atom. The average molecular weight is 281 g/mol. The summed E-state index contributed by atoms with van der Waals surface area (Å²) in [5.74, 6) is 0.887. The second-order valence-electron chi connectivity index (χ2n) is 4.19. The highest BCUT2D eigenvalue weighted by Crippen LogP contribution is 2.33. The zero-order valence-electron chi connectivity index (χ0n) is 10.7. The summed E-state index contributed by atoms with van der Waals surface area (Å²) in [6.45, 7) is 2.17. The monoisotopic (exact) mass is 280 g/mol. The number of aryl methyl sites for hydroxylation is 1. The zero-order valence-corrected chi connectivity index (χ0v) is 12.2. The quantitative estimate of drug-likeness (QED) is 0.712. The molecule has 96 valence electrons. The minimum Gasteiger partial charge on any atom is -0.497 e. The van der Waals surface area contributed by atoms with Crippen LogP contribution in [0.25, 0.3) is 0 Å². The van der Waals surface area contributed by atoms with Crippen molar-refractivity contribution < 1.29 is 4.74 Å². The summed E-state index contributed by atoms with van der Waals surface area (Å²) in [7, 11) is 1.69. The molecule has 0 spiro atoms. The van der Waals surface area contributed by atoms with Gasteiger partial charge in [0.1, 0.15) is 5.75 Å². The van der Waals surface area contributed by atoms with Crippen molar-refractivity contribution in [1.82, 2.24) is 0 Å². The Balaban J connectivity index is 2.13. The van der Waals surface area contributed by atoms with Gasteiger partial charge in [0.25, 0.3) is 0 Å². The number of halogens is 1. The summed E-state index contributed by atoms with van der Waals surface area (Å²) in [6, 6.07) is 10.3. The third-order valence-corrected chi connectivity index (χ3v) is 4.57. The molecule has 0 aliphatic rings. The zero-order chi connectivity index (χ0) is 13.0. The molecule has 0 amide bonds. The van der Waals surface area contributed by atoms with Crippen LogP contribution >= 0.6 is 22.9 Å². The molecule has 2 rings (SSSR count). The van der Waals surface area contributed by atoms with Crippen molar-refractivity contribution >= 4 is 22.9 Å². The number of thiophene rings is 1. The van der Waals surface area contributed by atoms with Gasteiger partial charge in [0.05, 0.1) is 12.5 Å². The van der Waals surface area contributed by atoms with Crippen molar-refractivity contribution in [3.63, 3.8) is 0 Å². The number of hydrogen-bond acceptors (Lipinski definition) is 2. The largest absolute Gasteiger partial charge is 0.497 e. The summed E-state index contributed by atoms with van der Waals surface area (Å²) in [4.78, 5) is 1.29. The number of benzene rings is 1. The lowest BCUT2D eigenvalue weighted by Gasteiger charge is -2.11. The molecule has 0 bridgehead atoms. The van der Waals surface area contributed by atoms with Gasteiger partial charge in [0.2, 0.25) is 0 Å². The Morgan fingerprint density at radius 1 is 1.33 bits per heavy atom. The maximum Gasteiger partial charge on any atom is 0.119 e. The number of methoxy groups -OCH3 is 1. The molecule has 2 aromatic rings. The van der Waals surface area contributed by atoms with Gasteiger partial charge in [0, 0.05) is 4.88 Å². The summed E-state index contributed by atoms with van der Waals surface area (Å²) in [5.41, 5.74) is 2.58. The van der Waals surface area contributed by atoms with Crippen molar-refractivity contribution in [2.75, 3.05) is 7.11 Å². The van der Waals surface area contributed by atoms with E-state index in [9.17, 15) is 0 Å². The van der Waals surface area contributed by atoms with E-state index in [0.717, 1.165) is 18.6 Å². The highest BCUT2D eigenvalue weighted by Gasteiger charge is 2.14. The smallest absolute Gasteiger partial charge is 0.119 e. The molecule has 0 aliphatic carbocycles. The van der Waals surface area contributed by atoms with E-state index in [1.807, 2.05) is 12.1 Å². The molecule has 0 aliphatic heterocycles. The van der Waals surface area contributed by atoms with E-state index in [-0.39, 0.29) is 5.38 Å². The van der Waals surface area contributed by atoms with Crippen LogP contribution in [0, 0.1) is 0 Å². The summed E-state index contributed by atoms with van der Waals surface area (Å²) in [6.07, 6.45) is 1.88. The molecule has 1 unspecified atom stereocenters. The molecule has 0 N–H and O–H groups in total. The molecular weight excluding hydrogens is 264 g/mol. The van der Waals surface area contributed by atoms with Crippen LogP contribution < -0.4 is 4.74 Å².